The molecule has 0 saturated carbocycles. The first-order valence-electron chi connectivity index (χ1n) is 6.64. The first-order chi connectivity index (χ1) is 10.3. The molecule has 1 nitrogen and oxygen atoms in total. The Morgan fingerprint density at radius 1 is 0.762 bits per heavy atom. The first-order valence-corrected chi connectivity index (χ1v) is 7.90. The van der Waals surface area contributed by atoms with E-state index in [-0.39, 0.29) is 0 Å². The minimum atomic E-state index is 0.730. The molecule has 102 valence electrons. The zero-order valence-electron chi connectivity index (χ0n) is 11.0. The van der Waals surface area contributed by atoms with Gasteiger partial charge in [-0.1, -0.05) is 41.9 Å². The highest BCUT2D eigenvalue weighted by Crippen LogP contribution is 2.40. The van der Waals surface area contributed by atoms with Gasteiger partial charge in [0, 0.05) is 21.4 Å². The van der Waals surface area contributed by atoms with Gasteiger partial charge in [0.05, 0.1) is 4.88 Å². The maximum absolute atomic E-state index is 6.20. The van der Waals surface area contributed by atoms with Crippen molar-refractivity contribution in [1.82, 2.24) is 0 Å². The van der Waals surface area contributed by atoms with E-state index in [1.807, 2.05) is 42.5 Å². The Morgan fingerprint density at radius 2 is 1.48 bits per heavy atom. The summed E-state index contributed by atoms with van der Waals surface area (Å²) in [5.41, 5.74) is 1.04. The van der Waals surface area contributed by atoms with Crippen LogP contribution in [0.1, 0.15) is 0 Å². The number of furan rings is 1. The van der Waals surface area contributed by atoms with Crippen molar-refractivity contribution in [2.75, 3.05) is 0 Å². The van der Waals surface area contributed by atoms with Gasteiger partial charge in [-0.3, -0.25) is 0 Å². The standard InChI is InChI=1S/C18H11ClOS/c19-13-9-7-12(8-10-13)17-14-4-1-2-5-15(14)18(20-17)16-6-3-11-21-16/h1-11H. The molecule has 2 heterocycles. The quantitative estimate of drug-likeness (QED) is 0.413. The lowest BCUT2D eigenvalue weighted by Gasteiger charge is -1.98. The van der Waals surface area contributed by atoms with Crippen molar-refractivity contribution >= 4 is 33.7 Å². The molecular formula is C18H11ClOS. The molecule has 0 aliphatic rings. The van der Waals surface area contributed by atoms with Crippen molar-refractivity contribution in [3.8, 4) is 22.0 Å². The molecule has 2 aromatic heterocycles. The maximum Gasteiger partial charge on any atom is 0.152 e. The van der Waals surface area contributed by atoms with Gasteiger partial charge >= 0.3 is 0 Å². The fraction of sp³-hybridized carbons (Fsp3) is 0. The number of benzene rings is 2. The lowest BCUT2D eigenvalue weighted by atomic mass is 10.1. The van der Waals surface area contributed by atoms with Crippen molar-refractivity contribution in [1.29, 1.82) is 0 Å². The van der Waals surface area contributed by atoms with E-state index in [0.717, 1.165) is 37.8 Å². The third kappa shape index (κ3) is 2.17. The van der Waals surface area contributed by atoms with E-state index in [1.165, 1.54) is 0 Å². The van der Waals surface area contributed by atoms with Gasteiger partial charge in [0.2, 0.25) is 0 Å². The predicted octanol–water partition coefficient (Wildman–Crippen LogP) is 6.48. The summed E-state index contributed by atoms with van der Waals surface area (Å²) in [4.78, 5) is 1.14. The highest BCUT2D eigenvalue weighted by atomic mass is 35.5. The number of fused-ring (bicyclic) bond motifs is 1. The average molecular weight is 311 g/mol. The van der Waals surface area contributed by atoms with Gasteiger partial charge in [-0.15, -0.1) is 11.3 Å². The number of rotatable bonds is 2. The Balaban J connectivity index is 2.00. The molecule has 0 aliphatic carbocycles. The van der Waals surface area contributed by atoms with E-state index in [2.05, 4.69) is 23.6 Å². The Hall–Kier alpha value is -2.03. The molecule has 21 heavy (non-hydrogen) atoms. The zero-order chi connectivity index (χ0) is 14.2. The molecule has 4 rings (SSSR count). The van der Waals surface area contributed by atoms with Gasteiger partial charge in [0.25, 0.3) is 0 Å². The van der Waals surface area contributed by atoms with Crippen molar-refractivity contribution in [3.05, 3.63) is 71.1 Å². The Morgan fingerprint density at radius 3 is 2.14 bits per heavy atom. The van der Waals surface area contributed by atoms with E-state index < -0.39 is 0 Å². The Labute approximate surface area is 131 Å². The van der Waals surface area contributed by atoms with Crippen LogP contribution < -0.4 is 0 Å². The maximum atomic E-state index is 6.20. The molecule has 2 aromatic carbocycles. The van der Waals surface area contributed by atoms with Gasteiger partial charge < -0.3 is 4.42 Å². The normalized spacial score (nSPS) is 11.1. The van der Waals surface area contributed by atoms with E-state index in [0.29, 0.717) is 0 Å². The number of hydrogen-bond acceptors (Lipinski definition) is 2. The van der Waals surface area contributed by atoms with Crippen molar-refractivity contribution < 1.29 is 4.42 Å². The summed E-state index contributed by atoms with van der Waals surface area (Å²) in [5.74, 6) is 1.83. The SMILES string of the molecule is Clc1ccc(-c2oc(-c3cccs3)c3ccccc23)cc1. The molecular weight excluding hydrogens is 300 g/mol. The summed E-state index contributed by atoms with van der Waals surface area (Å²) >= 11 is 7.66. The second kappa shape index (κ2) is 5.06. The molecule has 0 bridgehead atoms. The molecule has 0 N–H and O–H groups in total. The highest BCUT2D eigenvalue weighted by Gasteiger charge is 2.16. The van der Waals surface area contributed by atoms with E-state index in [9.17, 15) is 0 Å². The molecule has 0 fully saturated rings. The zero-order valence-corrected chi connectivity index (χ0v) is 12.6. The van der Waals surface area contributed by atoms with E-state index in [1.54, 1.807) is 11.3 Å². The fourth-order valence-corrected chi connectivity index (χ4v) is 3.34. The summed E-state index contributed by atoms with van der Waals surface area (Å²) in [6.07, 6.45) is 0. The first kappa shape index (κ1) is 12.7. The van der Waals surface area contributed by atoms with Crippen LogP contribution in [0.3, 0.4) is 0 Å². The number of thiophene rings is 1. The second-order valence-electron chi connectivity index (χ2n) is 4.79. The molecule has 0 atom stereocenters. The van der Waals surface area contributed by atoms with Crippen LogP contribution in [0.4, 0.5) is 0 Å². The molecule has 0 radical (unpaired) electrons. The summed E-state index contributed by atoms with van der Waals surface area (Å²) in [5, 5.41) is 5.07. The fourth-order valence-electron chi connectivity index (χ4n) is 2.50. The van der Waals surface area contributed by atoms with Gasteiger partial charge in [-0.2, -0.15) is 0 Å². The summed E-state index contributed by atoms with van der Waals surface area (Å²) in [6.45, 7) is 0. The topological polar surface area (TPSA) is 13.1 Å². The molecule has 0 unspecified atom stereocenters. The number of halogens is 1. The van der Waals surface area contributed by atoms with Gasteiger partial charge in [-0.25, -0.2) is 0 Å². The molecule has 3 heteroatoms. The summed E-state index contributed by atoms with van der Waals surface area (Å²) in [6, 6.07) is 20.2. The van der Waals surface area contributed by atoms with Crippen LogP contribution in [0, 0.1) is 0 Å². The van der Waals surface area contributed by atoms with Crippen LogP contribution in [0.5, 0.6) is 0 Å². The number of hydrogen-bond donors (Lipinski definition) is 0. The predicted molar refractivity (Wildman–Crippen MR) is 90.0 cm³/mol. The molecule has 0 saturated heterocycles. The Bertz CT molecular complexity index is 889. The highest BCUT2D eigenvalue weighted by molar-refractivity contribution is 7.13. The minimum absolute atomic E-state index is 0.730. The van der Waals surface area contributed by atoms with Gasteiger partial charge in [0.1, 0.15) is 5.76 Å². The van der Waals surface area contributed by atoms with Crippen molar-refractivity contribution in [2.45, 2.75) is 0 Å². The minimum Gasteiger partial charge on any atom is -0.454 e. The molecule has 4 aromatic rings. The molecule has 0 aliphatic heterocycles. The van der Waals surface area contributed by atoms with Crippen molar-refractivity contribution in [3.63, 3.8) is 0 Å². The Kier molecular flexibility index (Phi) is 3.06. The van der Waals surface area contributed by atoms with Crippen LogP contribution in [0.15, 0.2) is 70.5 Å². The molecule has 0 spiro atoms. The monoisotopic (exact) mass is 310 g/mol. The third-order valence-corrected chi connectivity index (χ3v) is 4.59. The molecule has 0 amide bonds. The van der Waals surface area contributed by atoms with Crippen LogP contribution >= 0.6 is 22.9 Å². The third-order valence-electron chi connectivity index (χ3n) is 3.47. The van der Waals surface area contributed by atoms with Crippen LogP contribution in [-0.2, 0) is 0 Å². The van der Waals surface area contributed by atoms with Gasteiger partial charge in [-0.05, 0) is 35.7 Å². The lowest BCUT2D eigenvalue weighted by Crippen LogP contribution is -1.74. The largest absolute Gasteiger partial charge is 0.454 e. The summed E-state index contributed by atoms with van der Waals surface area (Å²) < 4.78 is 6.20. The second-order valence-corrected chi connectivity index (χ2v) is 6.17. The smallest absolute Gasteiger partial charge is 0.152 e. The summed E-state index contributed by atoms with van der Waals surface area (Å²) in [7, 11) is 0. The van der Waals surface area contributed by atoms with Crippen LogP contribution in [0.2, 0.25) is 5.02 Å². The van der Waals surface area contributed by atoms with E-state index >= 15 is 0 Å². The van der Waals surface area contributed by atoms with E-state index in [4.69, 9.17) is 16.0 Å². The van der Waals surface area contributed by atoms with Gasteiger partial charge in [0.15, 0.2) is 5.76 Å². The lowest BCUT2D eigenvalue weighted by molar-refractivity contribution is 0.603. The average Bonchev–Trinajstić information content (AvgIpc) is 3.15. The van der Waals surface area contributed by atoms with Crippen LogP contribution in [-0.4, -0.2) is 0 Å². The van der Waals surface area contributed by atoms with Crippen molar-refractivity contribution in [2.24, 2.45) is 0 Å². The van der Waals surface area contributed by atoms with Crippen LogP contribution in [0.25, 0.3) is 32.7 Å².